The molecule has 3 rings (SSSR count). The zero-order valence-corrected chi connectivity index (χ0v) is 14.7. The molecule has 0 aliphatic rings. The molecule has 0 amide bonds. The molecule has 130 valence electrons. The number of ether oxygens (including phenoxy) is 1. The minimum absolute atomic E-state index is 0.0671. The van der Waals surface area contributed by atoms with Gasteiger partial charge >= 0.3 is 5.69 Å². The number of benzene rings is 1. The second-order valence-corrected chi connectivity index (χ2v) is 6.33. The number of fused-ring (bicyclic) bond motifs is 1. The number of H-pyrrole nitrogens is 1. The molecule has 1 N–H and O–H groups in total. The van der Waals surface area contributed by atoms with Gasteiger partial charge in [0.15, 0.2) is 22.1 Å². The molecule has 0 aliphatic carbocycles. The van der Waals surface area contributed by atoms with Crippen LogP contribution in [-0.4, -0.2) is 37.7 Å². The van der Waals surface area contributed by atoms with Gasteiger partial charge in [-0.25, -0.2) is 9.78 Å². The molecule has 0 fully saturated rings. The first kappa shape index (κ1) is 17.0. The number of aryl methyl sites for hydroxylation is 2. The number of ketones is 1. The van der Waals surface area contributed by atoms with Gasteiger partial charge in [-0.3, -0.25) is 19.1 Å². The molecular formula is C16H16N4O4S. The van der Waals surface area contributed by atoms with Crippen molar-refractivity contribution in [3.63, 3.8) is 0 Å². The van der Waals surface area contributed by atoms with Gasteiger partial charge in [0.05, 0.1) is 12.9 Å². The molecule has 0 atom stereocenters. The first-order valence-corrected chi connectivity index (χ1v) is 8.36. The molecule has 25 heavy (non-hydrogen) atoms. The SMILES string of the molecule is COc1ccc(C(=O)CSc2nc3c(c(=O)[nH]c(=O)n3C)n2C)cc1. The van der Waals surface area contributed by atoms with E-state index in [1.807, 2.05) is 0 Å². The summed E-state index contributed by atoms with van der Waals surface area (Å²) in [5.41, 5.74) is 0.123. The molecule has 8 nitrogen and oxygen atoms in total. The Morgan fingerprint density at radius 2 is 1.88 bits per heavy atom. The van der Waals surface area contributed by atoms with Gasteiger partial charge < -0.3 is 9.30 Å². The number of hydrogen-bond acceptors (Lipinski definition) is 6. The quantitative estimate of drug-likeness (QED) is 0.537. The van der Waals surface area contributed by atoms with Crippen LogP contribution in [-0.2, 0) is 14.1 Å². The second-order valence-electron chi connectivity index (χ2n) is 5.38. The maximum absolute atomic E-state index is 12.3. The van der Waals surface area contributed by atoms with Gasteiger partial charge in [0.1, 0.15) is 5.75 Å². The highest BCUT2D eigenvalue weighted by Gasteiger charge is 2.16. The van der Waals surface area contributed by atoms with Gasteiger partial charge in [-0.1, -0.05) is 11.8 Å². The summed E-state index contributed by atoms with van der Waals surface area (Å²) >= 11 is 1.21. The second kappa shape index (κ2) is 6.60. The van der Waals surface area contributed by atoms with Crippen molar-refractivity contribution in [3.05, 3.63) is 50.7 Å². The van der Waals surface area contributed by atoms with Crippen LogP contribution in [0.3, 0.4) is 0 Å². The summed E-state index contributed by atoms with van der Waals surface area (Å²) in [6, 6.07) is 6.85. The number of carbonyl (C=O) groups excluding carboxylic acids is 1. The van der Waals surface area contributed by atoms with Crippen LogP contribution in [0.25, 0.3) is 11.2 Å². The molecule has 0 spiro atoms. The summed E-state index contributed by atoms with van der Waals surface area (Å²) in [5.74, 6) is 0.775. The lowest BCUT2D eigenvalue weighted by Crippen LogP contribution is -2.29. The van der Waals surface area contributed by atoms with Gasteiger partial charge in [0, 0.05) is 19.7 Å². The normalized spacial score (nSPS) is 11.0. The fourth-order valence-electron chi connectivity index (χ4n) is 2.41. The number of methoxy groups -OCH3 is 1. The lowest BCUT2D eigenvalue weighted by molar-refractivity contribution is 0.102. The van der Waals surface area contributed by atoms with Crippen molar-refractivity contribution >= 4 is 28.7 Å². The Kier molecular flexibility index (Phi) is 4.49. The summed E-state index contributed by atoms with van der Waals surface area (Å²) in [6.07, 6.45) is 0. The number of imidazole rings is 1. The third-order valence-corrected chi connectivity index (χ3v) is 4.87. The van der Waals surface area contributed by atoms with Crippen LogP contribution in [0.15, 0.2) is 39.0 Å². The monoisotopic (exact) mass is 360 g/mol. The summed E-state index contributed by atoms with van der Waals surface area (Å²) < 4.78 is 7.92. The Morgan fingerprint density at radius 3 is 2.52 bits per heavy atom. The first-order valence-electron chi connectivity index (χ1n) is 7.38. The largest absolute Gasteiger partial charge is 0.497 e. The average Bonchev–Trinajstić information content (AvgIpc) is 2.95. The highest BCUT2D eigenvalue weighted by atomic mass is 32.2. The lowest BCUT2D eigenvalue weighted by Gasteiger charge is -2.03. The number of aromatic nitrogens is 4. The van der Waals surface area contributed by atoms with Crippen molar-refractivity contribution in [2.45, 2.75) is 5.16 Å². The maximum Gasteiger partial charge on any atom is 0.329 e. The number of thioether (sulfide) groups is 1. The van der Waals surface area contributed by atoms with Crippen molar-refractivity contribution in [2.24, 2.45) is 14.1 Å². The maximum atomic E-state index is 12.3. The summed E-state index contributed by atoms with van der Waals surface area (Å²) in [4.78, 5) is 42.5. The molecule has 9 heteroatoms. The zero-order chi connectivity index (χ0) is 18.1. The molecule has 0 unspecified atom stereocenters. The zero-order valence-electron chi connectivity index (χ0n) is 13.9. The van der Waals surface area contributed by atoms with E-state index in [9.17, 15) is 14.4 Å². The molecule has 0 saturated carbocycles. The van der Waals surface area contributed by atoms with Gasteiger partial charge in [-0.2, -0.15) is 0 Å². The molecule has 3 aromatic rings. The highest BCUT2D eigenvalue weighted by molar-refractivity contribution is 7.99. The molecule has 0 aliphatic heterocycles. The lowest BCUT2D eigenvalue weighted by atomic mass is 10.1. The minimum Gasteiger partial charge on any atom is -0.497 e. The van der Waals surface area contributed by atoms with E-state index in [1.165, 1.54) is 23.4 Å². The predicted octanol–water partition coefficient (Wildman–Crippen LogP) is 0.944. The van der Waals surface area contributed by atoms with Crippen LogP contribution in [0, 0.1) is 0 Å². The van der Waals surface area contributed by atoms with Crippen LogP contribution in [0.1, 0.15) is 10.4 Å². The van der Waals surface area contributed by atoms with Crippen molar-refractivity contribution in [1.29, 1.82) is 0 Å². The van der Waals surface area contributed by atoms with E-state index >= 15 is 0 Å². The van der Waals surface area contributed by atoms with E-state index in [4.69, 9.17) is 4.74 Å². The molecule has 0 saturated heterocycles. The summed E-state index contributed by atoms with van der Waals surface area (Å²) in [5, 5.41) is 0.489. The molecule has 1 aromatic carbocycles. The number of nitrogens with one attached hydrogen (secondary N) is 1. The Morgan fingerprint density at radius 1 is 1.20 bits per heavy atom. The fraction of sp³-hybridized carbons (Fsp3) is 0.250. The predicted molar refractivity (Wildman–Crippen MR) is 94.6 cm³/mol. The number of Topliss-reactive ketones (excluding diaryl/α,β-unsaturated/α-hetero) is 1. The van der Waals surface area contributed by atoms with Gasteiger partial charge in [0.2, 0.25) is 0 Å². The number of aromatic amines is 1. The Balaban J connectivity index is 1.86. The third-order valence-electron chi connectivity index (χ3n) is 3.84. The molecule has 2 heterocycles. The molecular weight excluding hydrogens is 344 g/mol. The Bertz CT molecular complexity index is 1060. The molecule has 0 bridgehead atoms. The van der Waals surface area contributed by atoms with E-state index in [0.717, 1.165) is 0 Å². The smallest absolute Gasteiger partial charge is 0.329 e. The van der Waals surface area contributed by atoms with Crippen LogP contribution in [0.5, 0.6) is 5.75 Å². The number of nitrogens with zero attached hydrogens (tertiary/aromatic N) is 3. The van der Waals surface area contributed by atoms with E-state index in [1.54, 1.807) is 43.0 Å². The van der Waals surface area contributed by atoms with Crippen LogP contribution in [0.2, 0.25) is 0 Å². The van der Waals surface area contributed by atoms with Crippen LogP contribution in [0.4, 0.5) is 0 Å². The fourth-order valence-corrected chi connectivity index (χ4v) is 3.27. The number of hydrogen-bond donors (Lipinski definition) is 1. The first-order chi connectivity index (χ1) is 11.9. The van der Waals surface area contributed by atoms with Gasteiger partial charge in [0.25, 0.3) is 5.56 Å². The van der Waals surface area contributed by atoms with E-state index in [2.05, 4.69) is 9.97 Å². The minimum atomic E-state index is -0.526. The van der Waals surface area contributed by atoms with Gasteiger partial charge in [-0.15, -0.1) is 0 Å². The van der Waals surface area contributed by atoms with Crippen molar-refractivity contribution in [3.8, 4) is 5.75 Å². The summed E-state index contributed by atoms with van der Waals surface area (Å²) in [6.45, 7) is 0. The Labute approximate surface area is 146 Å². The van der Waals surface area contributed by atoms with Crippen LogP contribution >= 0.6 is 11.8 Å². The molecule has 2 aromatic heterocycles. The summed E-state index contributed by atoms with van der Waals surface area (Å²) in [7, 11) is 4.77. The highest BCUT2D eigenvalue weighted by Crippen LogP contribution is 2.21. The third kappa shape index (κ3) is 3.10. The van der Waals surface area contributed by atoms with E-state index in [0.29, 0.717) is 22.0 Å². The van der Waals surface area contributed by atoms with E-state index < -0.39 is 11.2 Å². The number of rotatable bonds is 5. The molecule has 0 radical (unpaired) electrons. The standard InChI is InChI=1S/C16H16N4O4S/c1-19-12-13(20(2)15(23)18-14(12)22)17-16(19)25-8-11(21)9-4-6-10(24-3)7-5-9/h4-7H,8H2,1-3H3,(H,18,22,23). The van der Waals surface area contributed by atoms with E-state index in [-0.39, 0.29) is 17.2 Å². The average molecular weight is 360 g/mol. The van der Waals surface area contributed by atoms with Crippen molar-refractivity contribution in [1.82, 2.24) is 19.1 Å². The van der Waals surface area contributed by atoms with Gasteiger partial charge in [-0.05, 0) is 24.3 Å². The number of carbonyl (C=O) groups is 1. The topological polar surface area (TPSA) is 99.0 Å². The van der Waals surface area contributed by atoms with Crippen molar-refractivity contribution < 1.29 is 9.53 Å². The van der Waals surface area contributed by atoms with Crippen molar-refractivity contribution in [2.75, 3.05) is 12.9 Å². The van der Waals surface area contributed by atoms with Crippen LogP contribution < -0.4 is 16.0 Å². The Hall–Kier alpha value is -2.81.